The summed E-state index contributed by atoms with van der Waals surface area (Å²) in [6, 6.07) is 5.76. The maximum absolute atomic E-state index is 3.76. The lowest BCUT2D eigenvalue weighted by molar-refractivity contribution is 0.429. The van der Waals surface area contributed by atoms with E-state index in [0.717, 1.165) is 13.1 Å². The number of hydrogen-bond acceptors (Lipinski definition) is 2. The number of rotatable bonds is 0. The highest BCUT2D eigenvalue weighted by atomic mass is 79.9. The molecule has 2 aliphatic rings. The minimum atomic E-state index is 0. The molecule has 0 aromatic heterocycles. The van der Waals surface area contributed by atoms with Gasteiger partial charge in [-0.1, -0.05) is 12.1 Å². The molecular weight excluding hydrogens is 300 g/mol. The Kier molecular flexibility index (Phi) is 3.71. The normalized spacial score (nSPS) is 26.2. The number of halogens is 2. The molecule has 2 aliphatic heterocycles. The molecule has 0 spiro atoms. The Morgan fingerprint density at radius 3 is 2.88 bits per heavy atom. The molecule has 2 heterocycles. The largest absolute Gasteiger partial charge is 0.362 e. The molecule has 1 N–H and O–H groups in total. The van der Waals surface area contributed by atoms with E-state index in [-0.39, 0.29) is 12.4 Å². The fourth-order valence-electron chi connectivity index (χ4n) is 2.99. The number of fused-ring (bicyclic) bond motifs is 3. The second-order valence-electron chi connectivity index (χ2n) is 4.98. The summed E-state index contributed by atoms with van der Waals surface area (Å²) in [5, 5.41) is 3.52. The Bertz CT molecular complexity index is 436. The minimum Gasteiger partial charge on any atom is -0.362 e. The van der Waals surface area contributed by atoms with E-state index in [0.29, 0.717) is 12.1 Å². The summed E-state index contributed by atoms with van der Waals surface area (Å²) < 4.78 is 1.29. The monoisotopic (exact) mass is 316 g/mol. The van der Waals surface area contributed by atoms with E-state index in [1.165, 1.54) is 27.7 Å². The van der Waals surface area contributed by atoms with Crippen molar-refractivity contribution in [2.24, 2.45) is 0 Å². The predicted octanol–water partition coefficient (Wildman–Crippen LogP) is 2.90. The average Bonchev–Trinajstić information content (AvgIpc) is 2.64. The van der Waals surface area contributed by atoms with Crippen molar-refractivity contribution in [3.05, 3.63) is 27.7 Å². The van der Waals surface area contributed by atoms with E-state index in [1.807, 2.05) is 0 Å². The third kappa shape index (κ3) is 1.98. The number of benzene rings is 1. The van der Waals surface area contributed by atoms with Crippen LogP contribution in [0.5, 0.6) is 0 Å². The van der Waals surface area contributed by atoms with Crippen molar-refractivity contribution in [1.82, 2.24) is 5.32 Å². The van der Waals surface area contributed by atoms with Gasteiger partial charge < -0.3 is 10.2 Å². The van der Waals surface area contributed by atoms with Gasteiger partial charge in [0.15, 0.2) is 0 Å². The molecule has 1 saturated heterocycles. The summed E-state index contributed by atoms with van der Waals surface area (Å²) in [5.41, 5.74) is 4.28. The molecule has 0 aliphatic carbocycles. The lowest BCUT2D eigenvalue weighted by Gasteiger charge is -2.39. The summed E-state index contributed by atoms with van der Waals surface area (Å²) in [6.07, 6.45) is 1.19. The predicted molar refractivity (Wildman–Crippen MR) is 78.4 cm³/mol. The van der Waals surface area contributed by atoms with Gasteiger partial charge in [-0.3, -0.25) is 0 Å². The number of aryl methyl sites for hydroxylation is 1. The van der Waals surface area contributed by atoms with E-state index in [4.69, 9.17) is 0 Å². The number of anilines is 1. The standard InChI is InChI=1S/C13H17BrN2.ClH/c1-8-3-4-10-5-11-7-15-6-9(2)16(11)13(10)12(8)14;/h3-4,9,11,15H,5-7H2,1-2H3;1H. The highest BCUT2D eigenvalue weighted by molar-refractivity contribution is 9.10. The van der Waals surface area contributed by atoms with E-state index in [2.05, 4.69) is 52.1 Å². The van der Waals surface area contributed by atoms with Crippen LogP contribution in [0.3, 0.4) is 0 Å². The van der Waals surface area contributed by atoms with Crippen molar-refractivity contribution in [3.63, 3.8) is 0 Å². The van der Waals surface area contributed by atoms with Gasteiger partial charge in [-0.2, -0.15) is 0 Å². The quantitative estimate of drug-likeness (QED) is 0.791. The molecule has 2 atom stereocenters. The van der Waals surface area contributed by atoms with Crippen molar-refractivity contribution < 1.29 is 0 Å². The van der Waals surface area contributed by atoms with Gasteiger partial charge in [0.25, 0.3) is 0 Å². The smallest absolute Gasteiger partial charge is 0.0552 e. The summed E-state index contributed by atoms with van der Waals surface area (Å²) in [6.45, 7) is 6.69. The molecule has 0 bridgehead atoms. The Hall–Kier alpha value is -0.250. The Morgan fingerprint density at radius 1 is 1.35 bits per heavy atom. The van der Waals surface area contributed by atoms with E-state index in [9.17, 15) is 0 Å². The first-order chi connectivity index (χ1) is 7.68. The maximum atomic E-state index is 3.76. The third-order valence-electron chi connectivity index (χ3n) is 3.79. The Labute approximate surface area is 117 Å². The second kappa shape index (κ2) is 4.79. The van der Waals surface area contributed by atoms with Crippen molar-refractivity contribution in [2.45, 2.75) is 32.4 Å². The Balaban J connectivity index is 0.00000108. The zero-order chi connectivity index (χ0) is 11.3. The fourth-order valence-corrected chi connectivity index (χ4v) is 3.58. The van der Waals surface area contributed by atoms with Crippen LogP contribution in [0.15, 0.2) is 16.6 Å². The number of hydrogen-bond donors (Lipinski definition) is 1. The molecule has 1 aromatic carbocycles. The van der Waals surface area contributed by atoms with Crippen LogP contribution in [0.4, 0.5) is 5.69 Å². The van der Waals surface area contributed by atoms with Crippen LogP contribution < -0.4 is 10.2 Å². The molecule has 0 amide bonds. The number of nitrogens with zero attached hydrogens (tertiary/aromatic N) is 1. The van der Waals surface area contributed by atoms with Crippen molar-refractivity contribution in [3.8, 4) is 0 Å². The SMILES string of the molecule is Cc1ccc2c(c1Br)N1C(C)CNCC1C2.Cl. The van der Waals surface area contributed by atoms with Gasteiger partial charge >= 0.3 is 0 Å². The molecule has 0 radical (unpaired) electrons. The molecule has 2 nitrogen and oxygen atoms in total. The highest BCUT2D eigenvalue weighted by Gasteiger charge is 2.36. The van der Waals surface area contributed by atoms with Crippen LogP contribution in [0, 0.1) is 6.92 Å². The van der Waals surface area contributed by atoms with Crippen molar-refractivity contribution >= 4 is 34.0 Å². The topological polar surface area (TPSA) is 15.3 Å². The summed E-state index contributed by atoms with van der Waals surface area (Å²) >= 11 is 3.76. The lowest BCUT2D eigenvalue weighted by atomic mass is 10.1. The van der Waals surface area contributed by atoms with Gasteiger partial charge in [0.05, 0.1) is 5.69 Å². The summed E-state index contributed by atoms with van der Waals surface area (Å²) in [4.78, 5) is 2.60. The van der Waals surface area contributed by atoms with Crippen molar-refractivity contribution in [1.29, 1.82) is 0 Å². The van der Waals surface area contributed by atoms with Gasteiger partial charge in [-0.15, -0.1) is 12.4 Å². The van der Waals surface area contributed by atoms with Crippen LogP contribution >= 0.6 is 28.3 Å². The molecule has 1 fully saturated rings. The third-order valence-corrected chi connectivity index (χ3v) is 4.80. The first-order valence-corrected chi connectivity index (χ1v) is 6.75. The molecule has 17 heavy (non-hydrogen) atoms. The minimum absolute atomic E-state index is 0. The average molecular weight is 318 g/mol. The van der Waals surface area contributed by atoms with E-state index in [1.54, 1.807) is 0 Å². The first kappa shape index (κ1) is 13.2. The van der Waals surface area contributed by atoms with Gasteiger partial charge in [0, 0.05) is 29.6 Å². The molecule has 94 valence electrons. The molecule has 3 rings (SSSR count). The highest BCUT2D eigenvalue weighted by Crippen LogP contribution is 2.41. The molecular formula is C13H18BrClN2. The lowest BCUT2D eigenvalue weighted by Crippen LogP contribution is -2.55. The number of piperazine rings is 1. The van der Waals surface area contributed by atoms with Gasteiger partial charge in [-0.05, 0) is 47.3 Å². The van der Waals surface area contributed by atoms with E-state index >= 15 is 0 Å². The van der Waals surface area contributed by atoms with Crippen LogP contribution in [-0.4, -0.2) is 25.2 Å². The van der Waals surface area contributed by atoms with Gasteiger partial charge in [-0.25, -0.2) is 0 Å². The van der Waals surface area contributed by atoms with Crippen LogP contribution in [0.1, 0.15) is 18.1 Å². The zero-order valence-electron chi connectivity index (χ0n) is 10.2. The van der Waals surface area contributed by atoms with Crippen LogP contribution in [0.25, 0.3) is 0 Å². The summed E-state index contributed by atoms with van der Waals surface area (Å²) in [7, 11) is 0. The zero-order valence-corrected chi connectivity index (χ0v) is 12.6. The van der Waals surface area contributed by atoms with Crippen LogP contribution in [-0.2, 0) is 6.42 Å². The molecule has 2 unspecified atom stereocenters. The van der Waals surface area contributed by atoms with E-state index < -0.39 is 0 Å². The summed E-state index contributed by atoms with van der Waals surface area (Å²) in [5.74, 6) is 0. The fraction of sp³-hybridized carbons (Fsp3) is 0.538. The molecule has 0 saturated carbocycles. The van der Waals surface area contributed by atoms with Gasteiger partial charge in [0.1, 0.15) is 0 Å². The van der Waals surface area contributed by atoms with Gasteiger partial charge in [0.2, 0.25) is 0 Å². The first-order valence-electron chi connectivity index (χ1n) is 5.95. The van der Waals surface area contributed by atoms with Crippen LogP contribution in [0.2, 0.25) is 0 Å². The maximum Gasteiger partial charge on any atom is 0.0552 e. The van der Waals surface area contributed by atoms with Crippen molar-refractivity contribution in [2.75, 3.05) is 18.0 Å². The molecule has 1 aromatic rings. The Morgan fingerprint density at radius 2 is 2.12 bits per heavy atom. The molecule has 4 heteroatoms. The number of nitrogens with one attached hydrogen (secondary N) is 1. The second-order valence-corrected chi connectivity index (χ2v) is 5.77.